The van der Waals surface area contributed by atoms with Crippen LogP contribution < -0.4 is 0 Å². The average Bonchev–Trinajstić information content (AvgIpc) is 3.87. The van der Waals surface area contributed by atoms with Gasteiger partial charge in [-0.25, -0.2) is 9.97 Å². The molecular weight excluding hydrogens is 785 g/mol. The van der Waals surface area contributed by atoms with E-state index in [9.17, 15) is 0 Å². The summed E-state index contributed by atoms with van der Waals surface area (Å²) in [6.45, 7) is 0. The zero-order valence-electron chi connectivity index (χ0n) is 35.5. The van der Waals surface area contributed by atoms with E-state index in [4.69, 9.17) is 9.97 Å². The van der Waals surface area contributed by atoms with Gasteiger partial charge in [-0.1, -0.05) is 218 Å². The van der Waals surface area contributed by atoms with Gasteiger partial charge in [0.05, 0.1) is 16.8 Å². The van der Waals surface area contributed by atoms with Gasteiger partial charge in [-0.15, -0.1) is 0 Å². The third kappa shape index (κ3) is 5.81. The molecule has 0 amide bonds. The van der Waals surface area contributed by atoms with Gasteiger partial charge in [0, 0.05) is 16.7 Å². The summed E-state index contributed by atoms with van der Waals surface area (Å²) in [7, 11) is 0. The highest BCUT2D eigenvalue weighted by molar-refractivity contribution is 6.09. The Bertz CT molecular complexity index is 3500. The fraction of sp³-hybridized carbons (Fsp3) is 0.0159. The van der Waals surface area contributed by atoms with E-state index in [1.165, 1.54) is 72.0 Å². The fourth-order valence-electron chi connectivity index (χ4n) is 10.9. The van der Waals surface area contributed by atoms with Crippen LogP contribution in [0, 0.1) is 0 Å². The molecule has 2 heteroatoms. The van der Waals surface area contributed by atoms with Gasteiger partial charge in [-0.2, -0.15) is 0 Å². The Morgan fingerprint density at radius 1 is 0.277 bits per heavy atom. The molecule has 0 saturated carbocycles. The lowest BCUT2D eigenvalue weighted by atomic mass is 9.69. The molecule has 0 bridgehead atoms. The summed E-state index contributed by atoms with van der Waals surface area (Å²) < 4.78 is 0. The maximum Gasteiger partial charge on any atom is 0.160 e. The Hall–Kier alpha value is -8.46. The summed E-state index contributed by atoms with van der Waals surface area (Å²) >= 11 is 0. The molecule has 0 aliphatic heterocycles. The van der Waals surface area contributed by atoms with Crippen molar-refractivity contribution in [3.05, 3.63) is 265 Å². The summed E-state index contributed by atoms with van der Waals surface area (Å²) in [6, 6.07) is 88.1. The van der Waals surface area contributed by atoms with Gasteiger partial charge in [0.25, 0.3) is 0 Å². The van der Waals surface area contributed by atoms with E-state index in [0.717, 1.165) is 44.8 Å². The van der Waals surface area contributed by atoms with Crippen molar-refractivity contribution >= 4 is 10.8 Å². The minimum absolute atomic E-state index is 0.446. The number of hydrogen-bond acceptors (Lipinski definition) is 2. The molecule has 11 aromatic rings. The molecule has 0 radical (unpaired) electrons. The predicted octanol–water partition coefficient (Wildman–Crippen LogP) is 16.0. The van der Waals surface area contributed by atoms with Gasteiger partial charge in [0.1, 0.15) is 0 Å². The van der Waals surface area contributed by atoms with Gasteiger partial charge in [0.2, 0.25) is 0 Å². The van der Waals surface area contributed by atoms with Gasteiger partial charge in [-0.3, -0.25) is 0 Å². The first-order valence-corrected chi connectivity index (χ1v) is 22.4. The van der Waals surface area contributed by atoms with E-state index in [1.807, 2.05) is 0 Å². The first-order chi connectivity index (χ1) is 32.2. The van der Waals surface area contributed by atoms with Gasteiger partial charge in [0.15, 0.2) is 5.82 Å². The van der Waals surface area contributed by atoms with Crippen LogP contribution in [-0.4, -0.2) is 9.97 Å². The van der Waals surface area contributed by atoms with E-state index in [0.29, 0.717) is 5.82 Å². The molecule has 1 heterocycles. The third-order valence-corrected chi connectivity index (χ3v) is 13.7. The van der Waals surface area contributed by atoms with Crippen LogP contribution in [0.4, 0.5) is 0 Å². The molecule has 302 valence electrons. The van der Waals surface area contributed by atoms with Crippen LogP contribution in [0.25, 0.3) is 100 Å². The number of rotatable bonds is 6. The molecule has 2 nitrogen and oxygen atoms in total. The smallest absolute Gasteiger partial charge is 0.160 e. The standard InChI is InChI=1S/C63H40N2/c1-3-17-41(18-4-1)45-22-15-24-48(37-45)59-40-58(64-62(65-59)49-25-16-23-46(38-49)42-19-5-2-6-20-42)44-35-33-43(34-36-44)54-39-47-21-7-8-26-50(47)61-60(54)53-29-11-14-32-57(53)63(61)55-30-12-9-27-51(55)52-28-10-13-31-56(52)63/h1-40H. The molecule has 13 rings (SSSR count). The SMILES string of the molecule is c1ccc(-c2cccc(-c3cc(-c4ccc(-c5cc6ccccc6c6c5-c5ccccc5C65c6ccccc6-c6ccccc65)cc4)nc(-c4cccc(-c5ccccc5)c4)n3)c2)cc1. The van der Waals surface area contributed by atoms with E-state index in [2.05, 4.69) is 243 Å². The number of nitrogens with zero attached hydrogens (tertiary/aromatic N) is 2. The van der Waals surface area contributed by atoms with Crippen molar-refractivity contribution in [1.29, 1.82) is 0 Å². The fourth-order valence-corrected chi connectivity index (χ4v) is 10.9. The summed E-state index contributed by atoms with van der Waals surface area (Å²) in [5.74, 6) is 0.691. The number of hydrogen-bond donors (Lipinski definition) is 0. The molecule has 0 N–H and O–H groups in total. The number of benzene rings is 10. The quantitative estimate of drug-likeness (QED) is 0.167. The highest BCUT2D eigenvalue weighted by Crippen LogP contribution is 2.65. The Labute approximate surface area is 378 Å². The van der Waals surface area contributed by atoms with Crippen LogP contribution in [-0.2, 0) is 5.41 Å². The lowest BCUT2D eigenvalue weighted by Gasteiger charge is -2.31. The van der Waals surface area contributed by atoms with E-state index >= 15 is 0 Å². The highest BCUT2D eigenvalue weighted by atomic mass is 14.9. The molecule has 1 aromatic heterocycles. The van der Waals surface area contributed by atoms with Crippen LogP contribution in [0.1, 0.15) is 22.3 Å². The molecule has 10 aromatic carbocycles. The van der Waals surface area contributed by atoms with E-state index in [-0.39, 0.29) is 0 Å². The maximum atomic E-state index is 5.33. The normalized spacial score (nSPS) is 12.7. The Morgan fingerprint density at radius 3 is 1.38 bits per heavy atom. The van der Waals surface area contributed by atoms with Gasteiger partial charge >= 0.3 is 0 Å². The van der Waals surface area contributed by atoms with Gasteiger partial charge in [-0.05, 0) is 113 Å². The molecule has 2 aliphatic rings. The third-order valence-electron chi connectivity index (χ3n) is 13.7. The Balaban J connectivity index is 0.988. The zero-order valence-corrected chi connectivity index (χ0v) is 35.5. The molecular formula is C63H40N2. The van der Waals surface area contributed by atoms with Crippen molar-refractivity contribution in [2.45, 2.75) is 5.41 Å². The van der Waals surface area contributed by atoms with Crippen LogP contribution in [0.15, 0.2) is 243 Å². The number of aromatic nitrogens is 2. The second-order valence-electron chi connectivity index (χ2n) is 17.2. The minimum Gasteiger partial charge on any atom is -0.228 e. The first-order valence-electron chi connectivity index (χ1n) is 22.4. The Kier molecular flexibility index (Phi) is 8.47. The molecule has 65 heavy (non-hydrogen) atoms. The van der Waals surface area contributed by atoms with Crippen molar-refractivity contribution in [2.24, 2.45) is 0 Å². The first kappa shape index (κ1) is 37.1. The summed E-state index contributed by atoms with van der Waals surface area (Å²) in [5, 5.41) is 2.53. The maximum absolute atomic E-state index is 5.33. The molecule has 0 atom stereocenters. The van der Waals surface area contributed by atoms with Crippen LogP contribution in [0.3, 0.4) is 0 Å². The van der Waals surface area contributed by atoms with Crippen LogP contribution in [0.2, 0.25) is 0 Å². The molecule has 1 spiro atoms. The average molecular weight is 825 g/mol. The van der Waals surface area contributed by atoms with Crippen molar-refractivity contribution < 1.29 is 0 Å². The largest absolute Gasteiger partial charge is 0.228 e. The Morgan fingerprint density at radius 2 is 0.738 bits per heavy atom. The predicted molar refractivity (Wildman–Crippen MR) is 268 cm³/mol. The van der Waals surface area contributed by atoms with E-state index in [1.54, 1.807) is 0 Å². The number of fused-ring (bicyclic) bond motifs is 12. The summed E-state index contributed by atoms with van der Waals surface area (Å²) in [5.41, 5.74) is 22.0. The molecule has 0 unspecified atom stereocenters. The molecule has 0 saturated heterocycles. The summed E-state index contributed by atoms with van der Waals surface area (Å²) in [4.78, 5) is 10.6. The lowest BCUT2D eigenvalue weighted by Crippen LogP contribution is -2.26. The monoisotopic (exact) mass is 824 g/mol. The lowest BCUT2D eigenvalue weighted by molar-refractivity contribution is 0.801. The minimum atomic E-state index is -0.446. The van der Waals surface area contributed by atoms with Gasteiger partial charge < -0.3 is 0 Å². The highest BCUT2D eigenvalue weighted by Gasteiger charge is 2.52. The van der Waals surface area contributed by atoms with Crippen molar-refractivity contribution in [2.75, 3.05) is 0 Å². The second-order valence-corrected chi connectivity index (χ2v) is 17.2. The zero-order chi connectivity index (χ0) is 42.9. The molecule has 0 fully saturated rings. The van der Waals surface area contributed by atoms with Crippen molar-refractivity contribution in [3.63, 3.8) is 0 Å². The van der Waals surface area contributed by atoms with Crippen LogP contribution in [0.5, 0.6) is 0 Å². The van der Waals surface area contributed by atoms with E-state index < -0.39 is 5.41 Å². The molecule has 2 aliphatic carbocycles. The van der Waals surface area contributed by atoms with Crippen molar-refractivity contribution in [1.82, 2.24) is 9.97 Å². The summed E-state index contributed by atoms with van der Waals surface area (Å²) in [6.07, 6.45) is 0. The van der Waals surface area contributed by atoms with Crippen LogP contribution >= 0.6 is 0 Å². The second kappa shape index (κ2) is 14.8. The topological polar surface area (TPSA) is 25.8 Å². The van der Waals surface area contributed by atoms with Crippen molar-refractivity contribution in [3.8, 4) is 89.5 Å².